The van der Waals surface area contributed by atoms with Gasteiger partial charge in [-0.3, -0.25) is 9.78 Å². The van der Waals surface area contributed by atoms with Crippen LogP contribution in [0.1, 0.15) is 35.7 Å². The maximum atomic E-state index is 11.9. The lowest BCUT2D eigenvalue weighted by Crippen LogP contribution is -2.25. The Morgan fingerprint density at radius 3 is 2.47 bits per heavy atom. The maximum absolute atomic E-state index is 11.9. The van der Waals surface area contributed by atoms with E-state index in [4.69, 9.17) is 28.2 Å². The van der Waals surface area contributed by atoms with Crippen LogP contribution in [0.25, 0.3) is 11.3 Å². The molecular formula is C24H27Cl2N3O2S. The lowest BCUT2D eigenvalue weighted by Gasteiger charge is -2.14. The van der Waals surface area contributed by atoms with Crippen LogP contribution in [-0.4, -0.2) is 27.6 Å². The van der Waals surface area contributed by atoms with Gasteiger partial charge in [0.2, 0.25) is 0 Å². The molecule has 8 heteroatoms. The van der Waals surface area contributed by atoms with Crippen molar-refractivity contribution >= 4 is 45.6 Å². The molecule has 3 rings (SSSR count). The van der Waals surface area contributed by atoms with Crippen LogP contribution in [0.2, 0.25) is 10.0 Å². The second-order valence-corrected chi connectivity index (χ2v) is 10.2. The zero-order valence-corrected chi connectivity index (χ0v) is 20.9. The summed E-state index contributed by atoms with van der Waals surface area (Å²) in [6.45, 7) is 8.43. The number of halogens is 2. The van der Waals surface area contributed by atoms with Gasteiger partial charge < -0.3 is 10.4 Å². The third-order valence-electron chi connectivity index (χ3n) is 5.13. The number of benzene rings is 1. The van der Waals surface area contributed by atoms with Crippen molar-refractivity contribution in [3.63, 3.8) is 0 Å². The van der Waals surface area contributed by atoms with Crippen molar-refractivity contribution in [1.82, 2.24) is 9.97 Å². The summed E-state index contributed by atoms with van der Waals surface area (Å²) in [6, 6.07) is 9.37. The molecule has 1 unspecified atom stereocenters. The number of pyridine rings is 1. The molecule has 0 saturated heterocycles. The fraction of sp³-hybridized carbons (Fsp3) is 0.375. The van der Waals surface area contributed by atoms with Crippen molar-refractivity contribution in [1.29, 1.82) is 0 Å². The van der Waals surface area contributed by atoms with Gasteiger partial charge in [0.1, 0.15) is 0 Å². The molecule has 0 aliphatic heterocycles. The van der Waals surface area contributed by atoms with E-state index in [0.717, 1.165) is 39.5 Å². The molecule has 32 heavy (non-hydrogen) atoms. The highest BCUT2D eigenvalue weighted by atomic mass is 35.5. The highest BCUT2D eigenvalue weighted by Gasteiger charge is 2.21. The van der Waals surface area contributed by atoms with Crippen LogP contribution in [0.4, 0.5) is 5.13 Å². The van der Waals surface area contributed by atoms with Gasteiger partial charge in [-0.15, -0.1) is 11.3 Å². The first-order valence-electron chi connectivity index (χ1n) is 10.5. The third kappa shape index (κ3) is 6.21. The summed E-state index contributed by atoms with van der Waals surface area (Å²) in [5.74, 6) is -0.987. The Kier molecular flexibility index (Phi) is 8.15. The highest BCUT2D eigenvalue weighted by Crippen LogP contribution is 2.35. The van der Waals surface area contributed by atoms with Crippen molar-refractivity contribution in [3.05, 3.63) is 62.2 Å². The van der Waals surface area contributed by atoms with E-state index < -0.39 is 11.9 Å². The van der Waals surface area contributed by atoms with Crippen molar-refractivity contribution in [2.24, 2.45) is 11.8 Å². The molecule has 0 spiro atoms. The number of nitrogens with one attached hydrogen (secondary N) is 1. The average molecular weight is 492 g/mol. The Morgan fingerprint density at radius 1 is 1.09 bits per heavy atom. The molecule has 0 aliphatic carbocycles. The van der Waals surface area contributed by atoms with Gasteiger partial charge in [0.15, 0.2) is 5.13 Å². The first kappa shape index (κ1) is 24.5. The Hall–Kier alpha value is -2.15. The monoisotopic (exact) mass is 491 g/mol. The predicted molar refractivity (Wildman–Crippen MR) is 133 cm³/mol. The maximum Gasteiger partial charge on any atom is 0.308 e. The molecule has 0 saturated carbocycles. The summed E-state index contributed by atoms with van der Waals surface area (Å²) in [7, 11) is 0. The van der Waals surface area contributed by atoms with Crippen LogP contribution in [0.5, 0.6) is 0 Å². The molecule has 0 aliphatic rings. The number of thiazole rings is 1. The number of hydrogen-bond acceptors (Lipinski definition) is 5. The molecule has 1 aromatic carbocycles. The summed E-state index contributed by atoms with van der Waals surface area (Å²) in [4.78, 5) is 22.3. The van der Waals surface area contributed by atoms with E-state index in [-0.39, 0.29) is 6.54 Å². The first-order valence-corrected chi connectivity index (χ1v) is 12.1. The number of carbonyl (C=O) groups is 1. The highest BCUT2D eigenvalue weighted by molar-refractivity contribution is 7.16. The molecule has 0 radical (unpaired) electrons. The van der Waals surface area contributed by atoms with E-state index in [2.05, 4.69) is 24.1 Å². The van der Waals surface area contributed by atoms with Crippen LogP contribution in [0, 0.1) is 25.7 Å². The fourth-order valence-corrected chi connectivity index (χ4v) is 4.96. The number of rotatable bonds is 9. The molecule has 2 heterocycles. The van der Waals surface area contributed by atoms with Crippen molar-refractivity contribution in [2.45, 2.75) is 40.5 Å². The smallest absolute Gasteiger partial charge is 0.308 e. The molecule has 3 aromatic rings. The summed E-state index contributed by atoms with van der Waals surface area (Å²) < 4.78 is 0. The number of anilines is 1. The van der Waals surface area contributed by atoms with Gasteiger partial charge >= 0.3 is 5.97 Å². The molecule has 0 bridgehead atoms. The normalized spacial score (nSPS) is 12.2. The van der Waals surface area contributed by atoms with Gasteiger partial charge in [-0.2, -0.15) is 0 Å². The van der Waals surface area contributed by atoms with Crippen LogP contribution in [0.15, 0.2) is 30.3 Å². The number of carboxylic acids is 1. The minimum absolute atomic E-state index is 0.276. The summed E-state index contributed by atoms with van der Waals surface area (Å²) in [5.41, 5.74) is 4.49. The largest absolute Gasteiger partial charge is 0.481 e. The second kappa shape index (κ2) is 10.6. The quantitative estimate of drug-likeness (QED) is 0.348. The Balaban J connectivity index is 1.81. The van der Waals surface area contributed by atoms with E-state index in [1.165, 1.54) is 0 Å². The lowest BCUT2D eigenvalue weighted by atomic mass is 9.98. The van der Waals surface area contributed by atoms with E-state index in [0.29, 0.717) is 27.5 Å². The van der Waals surface area contributed by atoms with Gasteiger partial charge in [0.25, 0.3) is 0 Å². The lowest BCUT2D eigenvalue weighted by molar-refractivity contribution is -0.141. The van der Waals surface area contributed by atoms with E-state index in [1.54, 1.807) is 17.4 Å². The van der Waals surface area contributed by atoms with E-state index >= 15 is 0 Å². The van der Waals surface area contributed by atoms with Crippen LogP contribution in [-0.2, 0) is 17.6 Å². The van der Waals surface area contributed by atoms with Gasteiger partial charge in [0, 0.05) is 28.4 Å². The zero-order chi connectivity index (χ0) is 23.4. The van der Waals surface area contributed by atoms with E-state index in [9.17, 15) is 9.90 Å². The number of aliphatic carboxylic acids is 1. The summed E-state index contributed by atoms with van der Waals surface area (Å²) in [6.07, 6.45) is 1.27. The molecule has 0 fully saturated rings. The van der Waals surface area contributed by atoms with Gasteiger partial charge in [-0.25, -0.2) is 4.98 Å². The molecule has 5 nitrogen and oxygen atoms in total. The molecule has 170 valence electrons. The summed E-state index contributed by atoms with van der Waals surface area (Å²) in [5, 5.41) is 14.7. The SMILES string of the molecule is Cc1ccc(CC(CNc2nc(-c3ccc(Cl)c(Cl)c3)c(CC(C)C)s2)C(=O)O)c(C)n1. The van der Waals surface area contributed by atoms with Gasteiger partial charge in [-0.05, 0) is 56.4 Å². The topological polar surface area (TPSA) is 75.1 Å². The fourth-order valence-electron chi connectivity index (χ4n) is 3.46. The zero-order valence-electron chi connectivity index (χ0n) is 18.6. The molecule has 0 amide bonds. The second-order valence-electron chi connectivity index (χ2n) is 8.34. The van der Waals surface area contributed by atoms with Crippen molar-refractivity contribution in [2.75, 3.05) is 11.9 Å². The van der Waals surface area contributed by atoms with Crippen molar-refractivity contribution < 1.29 is 9.90 Å². The number of nitrogens with zero attached hydrogens (tertiary/aromatic N) is 2. The minimum atomic E-state index is -0.846. The molecule has 2 aromatic heterocycles. The van der Waals surface area contributed by atoms with Crippen LogP contribution >= 0.6 is 34.5 Å². The predicted octanol–water partition coefficient (Wildman–Crippen LogP) is 6.68. The summed E-state index contributed by atoms with van der Waals surface area (Å²) >= 11 is 13.9. The van der Waals surface area contributed by atoms with Gasteiger partial charge in [0.05, 0.1) is 21.7 Å². The number of aryl methyl sites for hydroxylation is 2. The standard InChI is InChI=1S/C24H27Cl2N3O2S/c1-13(2)9-21-22(17-7-8-19(25)20(26)11-17)29-24(32-21)27-12-18(23(30)31)10-16-6-5-14(3)28-15(16)4/h5-8,11,13,18H,9-10,12H2,1-4H3,(H,27,29)(H,30,31). The minimum Gasteiger partial charge on any atom is -0.481 e. The molecule has 1 atom stereocenters. The van der Waals surface area contributed by atoms with E-state index in [1.807, 2.05) is 38.1 Å². The third-order valence-corrected chi connectivity index (χ3v) is 6.91. The number of carboxylic acid groups (broad SMARTS) is 1. The molecular weight excluding hydrogens is 465 g/mol. The molecule has 2 N–H and O–H groups in total. The Bertz CT molecular complexity index is 1110. The van der Waals surface area contributed by atoms with Crippen LogP contribution in [0.3, 0.4) is 0 Å². The Morgan fingerprint density at radius 2 is 1.84 bits per heavy atom. The Labute approximate surface area is 202 Å². The average Bonchev–Trinajstić information content (AvgIpc) is 3.10. The number of aromatic nitrogens is 2. The van der Waals surface area contributed by atoms with Crippen molar-refractivity contribution in [3.8, 4) is 11.3 Å². The number of hydrogen-bond donors (Lipinski definition) is 2. The first-order chi connectivity index (χ1) is 15.1. The van der Waals surface area contributed by atoms with Crippen LogP contribution < -0.4 is 5.32 Å². The van der Waals surface area contributed by atoms with Gasteiger partial charge in [-0.1, -0.05) is 49.2 Å².